The molecule has 0 radical (unpaired) electrons. The Balaban J connectivity index is 2.05. The summed E-state index contributed by atoms with van der Waals surface area (Å²) in [5.41, 5.74) is 0. The van der Waals surface area contributed by atoms with Crippen molar-refractivity contribution in [3.05, 3.63) is 12.7 Å². The molecule has 0 spiro atoms. The van der Waals surface area contributed by atoms with Crippen molar-refractivity contribution in [1.82, 2.24) is 0 Å². The molecule has 4 atom stereocenters. The second kappa shape index (κ2) is 3.95. The van der Waals surface area contributed by atoms with Crippen LogP contribution in [0.3, 0.4) is 0 Å². The van der Waals surface area contributed by atoms with Crippen LogP contribution in [0.4, 0.5) is 0 Å². The molecule has 0 bridgehead atoms. The first-order chi connectivity index (χ1) is 7.44. The molecule has 0 amide bonds. The maximum Gasteiger partial charge on any atom is 0.195 e. The van der Waals surface area contributed by atoms with E-state index in [1.807, 2.05) is 6.92 Å². The van der Waals surface area contributed by atoms with Gasteiger partial charge in [0.05, 0.1) is 0 Å². The highest BCUT2D eigenvalue weighted by atomic mass is 16.8. The monoisotopic (exact) mass is 226 g/mol. The molecular weight excluding hydrogens is 208 g/mol. The summed E-state index contributed by atoms with van der Waals surface area (Å²) in [5, 5.41) is 0. The number of fused-ring (bicyclic) bond motifs is 1. The number of carbonyl (C=O) groups excluding carboxylic acids is 1. The van der Waals surface area contributed by atoms with Gasteiger partial charge in [-0.3, -0.25) is 4.79 Å². The molecule has 2 fully saturated rings. The van der Waals surface area contributed by atoms with Gasteiger partial charge in [-0.05, 0) is 26.2 Å². The van der Waals surface area contributed by atoms with E-state index in [4.69, 9.17) is 14.2 Å². The van der Waals surface area contributed by atoms with E-state index in [1.165, 1.54) is 0 Å². The van der Waals surface area contributed by atoms with Crippen LogP contribution >= 0.6 is 0 Å². The third kappa shape index (κ3) is 1.93. The Morgan fingerprint density at radius 3 is 2.75 bits per heavy atom. The smallest absolute Gasteiger partial charge is 0.195 e. The molecule has 2 aliphatic heterocycles. The van der Waals surface area contributed by atoms with Gasteiger partial charge in [0, 0.05) is 0 Å². The van der Waals surface area contributed by atoms with Gasteiger partial charge in [-0.25, -0.2) is 0 Å². The Hall–Kier alpha value is -0.710. The van der Waals surface area contributed by atoms with Crippen LogP contribution < -0.4 is 0 Å². The summed E-state index contributed by atoms with van der Waals surface area (Å²) < 4.78 is 16.6. The molecular formula is C12H18O4. The van der Waals surface area contributed by atoms with Crippen molar-refractivity contribution in [2.75, 3.05) is 0 Å². The standard InChI is InChI=1S/C12H18O4/c1-5-6-7(2)9-8(13)10-11(14-9)16-12(3,4)15-10/h5,7,9-11H,1,6H2,2-4H3/t7-,9+,10-,11-/m1/s1. The van der Waals surface area contributed by atoms with E-state index in [-0.39, 0.29) is 11.7 Å². The molecule has 0 aromatic carbocycles. The normalized spacial score (nSPS) is 38.4. The van der Waals surface area contributed by atoms with Crippen molar-refractivity contribution < 1.29 is 19.0 Å². The second-order valence-electron chi connectivity index (χ2n) is 4.89. The van der Waals surface area contributed by atoms with Gasteiger partial charge >= 0.3 is 0 Å². The van der Waals surface area contributed by atoms with Crippen molar-refractivity contribution in [1.29, 1.82) is 0 Å². The van der Waals surface area contributed by atoms with Gasteiger partial charge in [0.15, 0.2) is 24.0 Å². The van der Waals surface area contributed by atoms with E-state index in [0.717, 1.165) is 6.42 Å². The Labute approximate surface area is 95.6 Å². The van der Waals surface area contributed by atoms with Crippen LogP contribution in [-0.4, -0.2) is 30.1 Å². The van der Waals surface area contributed by atoms with Crippen LogP contribution in [-0.2, 0) is 19.0 Å². The van der Waals surface area contributed by atoms with Crippen molar-refractivity contribution in [3.8, 4) is 0 Å². The number of carbonyl (C=O) groups is 1. The summed E-state index contributed by atoms with van der Waals surface area (Å²) >= 11 is 0. The zero-order valence-electron chi connectivity index (χ0n) is 9.93. The van der Waals surface area contributed by atoms with Crippen molar-refractivity contribution in [2.24, 2.45) is 5.92 Å². The number of allylic oxidation sites excluding steroid dienone is 1. The van der Waals surface area contributed by atoms with Gasteiger partial charge in [0.1, 0.15) is 6.10 Å². The van der Waals surface area contributed by atoms with E-state index in [0.29, 0.717) is 0 Å². The second-order valence-corrected chi connectivity index (χ2v) is 4.89. The molecule has 0 N–H and O–H groups in total. The first-order valence-electron chi connectivity index (χ1n) is 5.60. The van der Waals surface area contributed by atoms with Gasteiger partial charge in [-0.1, -0.05) is 13.0 Å². The highest BCUT2D eigenvalue weighted by molar-refractivity contribution is 5.90. The first-order valence-corrected chi connectivity index (χ1v) is 5.60. The van der Waals surface area contributed by atoms with Crippen LogP contribution in [0.25, 0.3) is 0 Å². The third-order valence-corrected chi connectivity index (χ3v) is 2.95. The Bertz CT molecular complexity index is 310. The maximum absolute atomic E-state index is 12.0. The SMILES string of the molecule is C=CC[C@@H](C)[C@@H]1O[C@@H]2OC(C)(C)O[C@@H]2C1=O. The van der Waals surface area contributed by atoms with E-state index in [1.54, 1.807) is 19.9 Å². The molecule has 0 aromatic heterocycles. The van der Waals surface area contributed by atoms with Crippen molar-refractivity contribution in [3.63, 3.8) is 0 Å². The minimum absolute atomic E-state index is 0.00933. The van der Waals surface area contributed by atoms with Crippen molar-refractivity contribution >= 4 is 5.78 Å². The third-order valence-electron chi connectivity index (χ3n) is 2.95. The molecule has 2 heterocycles. The van der Waals surface area contributed by atoms with E-state index in [2.05, 4.69) is 6.58 Å². The molecule has 0 aromatic rings. The molecule has 0 aliphatic carbocycles. The van der Waals surface area contributed by atoms with Crippen LogP contribution in [0.15, 0.2) is 12.7 Å². The van der Waals surface area contributed by atoms with Gasteiger partial charge in [-0.2, -0.15) is 0 Å². The first kappa shape index (κ1) is 11.8. The van der Waals surface area contributed by atoms with Crippen molar-refractivity contribution in [2.45, 2.75) is 51.5 Å². The minimum Gasteiger partial charge on any atom is -0.338 e. The van der Waals surface area contributed by atoms with E-state index in [9.17, 15) is 4.79 Å². The highest BCUT2D eigenvalue weighted by Gasteiger charge is 2.55. The van der Waals surface area contributed by atoms with Gasteiger partial charge in [0.25, 0.3) is 0 Å². The Kier molecular flexibility index (Phi) is 2.90. The number of ketones is 1. The number of rotatable bonds is 3. The fraction of sp³-hybridized carbons (Fsp3) is 0.750. The molecule has 0 unspecified atom stereocenters. The van der Waals surface area contributed by atoms with Crippen LogP contribution in [0.1, 0.15) is 27.2 Å². The summed E-state index contributed by atoms with van der Waals surface area (Å²) in [7, 11) is 0. The summed E-state index contributed by atoms with van der Waals surface area (Å²) in [5.74, 6) is -0.617. The summed E-state index contributed by atoms with van der Waals surface area (Å²) in [6.07, 6.45) is 1.01. The Morgan fingerprint density at radius 1 is 1.50 bits per heavy atom. The fourth-order valence-electron chi connectivity index (χ4n) is 2.20. The number of hydrogen-bond donors (Lipinski definition) is 0. The molecule has 0 saturated carbocycles. The van der Waals surface area contributed by atoms with E-state index < -0.39 is 24.3 Å². The predicted molar refractivity (Wildman–Crippen MR) is 57.7 cm³/mol. The molecule has 90 valence electrons. The predicted octanol–water partition coefficient (Wildman–Crippen LogP) is 1.64. The lowest BCUT2D eigenvalue weighted by Crippen LogP contribution is -2.33. The lowest BCUT2D eigenvalue weighted by atomic mass is 9.97. The zero-order valence-corrected chi connectivity index (χ0v) is 9.93. The van der Waals surface area contributed by atoms with Crippen LogP contribution in [0, 0.1) is 5.92 Å². The minimum atomic E-state index is -0.725. The maximum atomic E-state index is 12.0. The fourth-order valence-corrected chi connectivity index (χ4v) is 2.20. The summed E-state index contributed by atoms with van der Waals surface area (Å²) in [6, 6.07) is 0. The molecule has 4 nitrogen and oxygen atoms in total. The molecule has 16 heavy (non-hydrogen) atoms. The quantitative estimate of drug-likeness (QED) is 0.686. The summed E-state index contributed by atoms with van der Waals surface area (Å²) in [6.45, 7) is 9.20. The highest BCUT2D eigenvalue weighted by Crippen LogP contribution is 2.37. The zero-order chi connectivity index (χ0) is 11.9. The van der Waals surface area contributed by atoms with Gasteiger partial charge < -0.3 is 14.2 Å². The van der Waals surface area contributed by atoms with E-state index >= 15 is 0 Å². The number of hydrogen-bond acceptors (Lipinski definition) is 4. The average molecular weight is 226 g/mol. The largest absolute Gasteiger partial charge is 0.338 e. The molecule has 2 saturated heterocycles. The topological polar surface area (TPSA) is 44.8 Å². The van der Waals surface area contributed by atoms with Gasteiger partial charge in [0.2, 0.25) is 0 Å². The molecule has 4 heteroatoms. The lowest BCUT2D eigenvalue weighted by Gasteiger charge is -2.22. The molecule has 2 aliphatic rings. The van der Waals surface area contributed by atoms with Crippen LogP contribution in [0.5, 0.6) is 0 Å². The van der Waals surface area contributed by atoms with Gasteiger partial charge in [-0.15, -0.1) is 6.58 Å². The Morgan fingerprint density at radius 2 is 2.19 bits per heavy atom. The number of Topliss-reactive ketones (excluding diaryl/α,β-unsaturated/α-hetero) is 1. The number of ether oxygens (including phenoxy) is 3. The molecule has 2 rings (SSSR count). The lowest BCUT2D eigenvalue weighted by molar-refractivity contribution is -0.208. The van der Waals surface area contributed by atoms with Crippen LogP contribution in [0.2, 0.25) is 0 Å². The summed E-state index contributed by atoms with van der Waals surface area (Å²) in [4.78, 5) is 12.0. The average Bonchev–Trinajstić information content (AvgIpc) is 2.62.